The van der Waals surface area contributed by atoms with Gasteiger partial charge in [0.25, 0.3) is 0 Å². The Hall–Kier alpha value is -1.10. The summed E-state index contributed by atoms with van der Waals surface area (Å²) >= 11 is 0. The molecular weight excluding hydrogens is 220 g/mol. The summed E-state index contributed by atoms with van der Waals surface area (Å²) in [6, 6.07) is -0.183. The van der Waals surface area contributed by atoms with Gasteiger partial charge in [0.05, 0.1) is 18.6 Å². The second-order valence-corrected chi connectivity index (χ2v) is 4.38. The third-order valence-electron chi connectivity index (χ3n) is 3.25. The first-order valence-corrected chi connectivity index (χ1v) is 6.22. The minimum absolute atomic E-state index is 0.00508. The van der Waals surface area contributed by atoms with Gasteiger partial charge < -0.3 is 10.1 Å². The van der Waals surface area contributed by atoms with Gasteiger partial charge in [0.2, 0.25) is 5.91 Å². The molecule has 2 unspecified atom stereocenters. The Bertz CT molecular complexity index is 281. The van der Waals surface area contributed by atoms with E-state index in [2.05, 4.69) is 5.32 Å². The molecule has 1 fully saturated rings. The first kappa shape index (κ1) is 14.0. The van der Waals surface area contributed by atoms with Crippen molar-refractivity contribution in [3.8, 4) is 0 Å². The summed E-state index contributed by atoms with van der Waals surface area (Å²) in [5.74, 6) is -0.230. The fourth-order valence-electron chi connectivity index (χ4n) is 2.19. The third kappa shape index (κ3) is 3.70. The number of carbonyl (C=O) groups excluding carboxylic acids is 2. The average Bonchev–Trinajstić information content (AvgIpc) is 2.37. The van der Waals surface area contributed by atoms with Crippen molar-refractivity contribution in [1.82, 2.24) is 10.2 Å². The highest BCUT2D eigenvalue weighted by Gasteiger charge is 2.31. The van der Waals surface area contributed by atoms with E-state index < -0.39 is 0 Å². The average molecular weight is 242 g/mol. The number of hydrogen-bond donors (Lipinski definition) is 1. The van der Waals surface area contributed by atoms with Crippen molar-refractivity contribution in [3.05, 3.63) is 0 Å². The lowest BCUT2D eigenvalue weighted by Gasteiger charge is -2.34. The topological polar surface area (TPSA) is 58.6 Å². The summed E-state index contributed by atoms with van der Waals surface area (Å²) in [6.45, 7) is 5.58. The number of piperidine rings is 1. The number of nitrogens with one attached hydrogen (secondary N) is 1. The number of likely N-dealkylation sites (tertiary alicyclic amines) is 1. The number of ether oxygens (including phenoxy) is 1. The van der Waals surface area contributed by atoms with Crippen molar-refractivity contribution in [1.29, 1.82) is 0 Å². The molecule has 17 heavy (non-hydrogen) atoms. The molecule has 0 bridgehead atoms. The molecule has 2 atom stereocenters. The number of amides is 1. The second-order valence-electron chi connectivity index (χ2n) is 4.38. The molecular formula is C12H22N2O3. The van der Waals surface area contributed by atoms with E-state index in [0.29, 0.717) is 13.2 Å². The van der Waals surface area contributed by atoms with Crippen LogP contribution in [0.2, 0.25) is 0 Å². The highest BCUT2D eigenvalue weighted by atomic mass is 16.5. The number of rotatable bonds is 4. The van der Waals surface area contributed by atoms with Crippen LogP contribution in [0, 0.1) is 5.92 Å². The molecule has 1 saturated heterocycles. The van der Waals surface area contributed by atoms with Gasteiger partial charge in [-0.1, -0.05) is 0 Å². The molecule has 0 aromatic heterocycles. The van der Waals surface area contributed by atoms with E-state index >= 15 is 0 Å². The quantitative estimate of drug-likeness (QED) is 0.725. The SMILES string of the molecule is CCOC(=O)C1CCCN(C(C)C(=O)NC)C1. The molecule has 1 aliphatic heterocycles. The summed E-state index contributed by atoms with van der Waals surface area (Å²) in [5.41, 5.74) is 0. The smallest absolute Gasteiger partial charge is 0.310 e. The Morgan fingerprint density at radius 1 is 1.53 bits per heavy atom. The van der Waals surface area contributed by atoms with Crippen LogP contribution in [0.4, 0.5) is 0 Å². The fourth-order valence-corrected chi connectivity index (χ4v) is 2.19. The number of nitrogens with zero attached hydrogens (tertiary/aromatic N) is 1. The fraction of sp³-hybridized carbons (Fsp3) is 0.833. The summed E-state index contributed by atoms with van der Waals surface area (Å²) in [6.07, 6.45) is 1.79. The van der Waals surface area contributed by atoms with Crippen LogP contribution in [0.1, 0.15) is 26.7 Å². The zero-order chi connectivity index (χ0) is 12.8. The molecule has 98 valence electrons. The lowest BCUT2D eigenvalue weighted by molar-refractivity contribution is -0.151. The van der Waals surface area contributed by atoms with Crippen LogP contribution < -0.4 is 5.32 Å². The van der Waals surface area contributed by atoms with E-state index in [1.165, 1.54) is 0 Å². The zero-order valence-corrected chi connectivity index (χ0v) is 10.9. The predicted octanol–water partition coefficient (Wildman–Crippen LogP) is 0.396. The second kappa shape index (κ2) is 6.59. The molecule has 1 N–H and O–H groups in total. The molecule has 1 heterocycles. The largest absolute Gasteiger partial charge is 0.466 e. The van der Waals surface area contributed by atoms with Gasteiger partial charge in [-0.05, 0) is 33.2 Å². The maximum Gasteiger partial charge on any atom is 0.310 e. The van der Waals surface area contributed by atoms with Gasteiger partial charge in [-0.2, -0.15) is 0 Å². The van der Waals surface area contributed by atoms with Crippen molar-refractivity contribution in [3.63, 3.8) is 0 Å². The van der Waals surface area contributed by atoms with Crippen LogP contribution in [-0.2, 0) is 14.3 Å². The highest BCUT2D eigenvalue weighted by molar-refractivity contribution is 5.81. The maximum absolute atomic E-state index is 11.7. The van der Waals surface area contributed by atoms with Gasteiger partial charge in [-0.15, -0.1) is 0 Å². The van der Waals surface area contributed by atoms with Crippen LogP contribution in [0.3, 0.4) is 0 Å². The molecule has 0 spiro atoms. The maximum atomic E-state index is 11.7. The molecule has 1 rings (SSSR count). The van der Waals surface area contributed by atoms with E-state index in [1.54, 1.807) is 7.05 Å². The van der Waals surface area contributed by atoms with Gasteiger partial charge in [-0.3, -0.25) is 14.5 Å². The van der Waals surface area contributed by atoms with Crippen LogP contribution >= 0.6 is 0 Å². The third-order valence-corrected chi connectivity index (χ3v) is 3.25. The van der Waals surface area contributed by atoms with E-state index in [-0.39, 0.29) is 23.8 Å². The normalized spacial score (nSPS) is 22.9. The highest BCUT2D eigenvalue weighted by Crippen LogP contribution is 2.19. The first-order chi connectivity index (χ1) is 8.10. The van der Waals surface area contributed by atoms with Crippen LogP contribution in [0.25, 0.3) is 0 Å². The minimum Gasteiger partial charge on any atom is -0.466 e. The number of hydrogen-bond acceptors (Lipinski definition) is 4. The van der Waals surface area contributed by atoms with Gasteiger partial charge in [0, 0.05) is 13.6 Å². The molecule has 0 aliphatic carbocycles. The Labute approximate surface area is 102 Å². The standard InChI is InChI=1S/C12H22N2O3/c1-4-17-12(16)10-6-5-7-14(8-10)9(2)11(15)13-3/h9-10H,4-8H2,1-3H3,(H,13,15). The summed E-state index contributed by atoms with van der Waals surface area (Å²) in [4.78, 5) is 25.2. The predicted molar refractivity (Wildman–Crippen MR) is 64.5 cm³/mol. The molecule has 0 radical (unpaired) electrons. The van der Waals surface area contributed by atoms with E-state index in [9.17, 15) is 9.59 Å². The summed E-state index contributed by atoms with van der Waals surface area (Å²) in [5, 5.41) is 2.63. The zero-order valence-electron chi connectivity index (χ0n) is 10.9. The number of esters is 1. The lowest BCUT2D eigenvalue weighted by Crippen LogP contribution is -2.49. The van der Waals surface area contributed by atoms with Crippen molar-refractivity contribution < 1.29 is 14.3 Å². The van der Waals surface area contributed by atoms with Gasteiger partial charge in [0.1, 0.15) is 0 Å². The Balaban J connectivity index is 2.54. The van der Waals surface area contributed by atoms with Gasteiger partial charge >= 0.3 is 5.97 Å². The van der Waals surface area contributed by atoms with Crippen LogP contribution in [0.5, 0.6) is 0 Å². The van der Waals surface area contributed by atoms with Crippen LogP contribution in [-0.4, -0.2) is 49.6 Å². The Morgan fingerprint density at radius 3 is 2.82 bits per heavy atom. The van der Waals surface area contributed by atoms with Crippen LogP contribution in [0.15, 0.2) is 0 Å². The molecule has 0 saturated carbocycles. The molecule has 5 nitrogen and oxygen atoms in total. The molecule has 0 aromatic carbocycles. The summed E-state index contributed by atoms with van der Waals surface area (Å²) in [7, 11) is 1.63. The van der Waals surface area contributed by atoms with E-state index in [1.807, 2.05) is 18.7 Å². The molecule has 1 amide bonds. The van der Waals surface area contributed by atoms with Crippen molar-refractivity contribution in [2.45, 2.75) is 32.7 Å². The minimum atomic E-state index is -0.183. The molecule has 0 aromatic rings. The van der Waals surface area contributed by atoms with Crippen molar-refractivity contribution in [2.24, 2.45) is 5.92 Å². The number of carbonyl (C=O) groups is 2. The number of likely N-dealkylation sites (N-methyl/N-ethyl adjacent to an activating group) is 1. The monoisotopic (exact) mass is 242 g/mol. The van der Waals surface area contributed by atoms with Crippen molar-refractivity contribution in [2.75, 3.05) is 26.7 Å². The Kier molecular flexibility index (Phi) is 5.41. The van der Waals surface area contributed by atoms with Gasteiger partial charge in [-0.25, -0.2) is 0 Å². The lowest BCUT2D eigenvalue weighted by atomic mass is 9.97. The van der Waals surface area contributed by atoms with E-state index in [4.69, 9.17) is 4.74 Å². The van der Waals surface area contributed by atoms with E-state index in [0.717, 1.165) is 19.4 Å². The summed E-state index contributed by atoms with van der Waals surface area (Å²) < 4.78 is 5.03. The molecule has 1 aliphatic rings. The Morgan fingerprint density at radius 2 is 2.24 bits per heavy atom. The molecule has 5 heteroatoms. The van der Waals surface area contributed by atoms with Gasteiger partial charge in [0.15, 0.2) is 0 Å². The first-order valence-electron chi connectivity index (χ1n) is 6.22. The van der Waals surface area contributed by atoms with Crippen molar-refractivity contribution >= 4 is 11.9 Å².